The number of rotatable bonds is 6. The topological polar surface area (TPSA) is 102 Å². The summed E-state index contributed by atoms with van der Waals surface area (Å²) in [5.41, 5.74) is 0.945. The van der Waals surface area contributed by atoms with E-state index in [1.807, 2.05) is 30.3 Å². The number of carbonyl (C=O) groups excluding carboxylic acids is 4. The number of barbiturate groups is 1. The summed E-state index contributed by atoms with van der Waals surface area (Å²) in [4.78, 5) is 51.7. The van der Waals surface area contributed by atoms with Crippen molar-refractivity contribution < 1.29 is 28.7 Å². The van der Waals surface area contributed by atoms with Crippen LogP contribution in [0.3, 0.4) is 0 Å². The van der Waals surface area contributed by atoms with Gasteiger partial charge in [-0.15, -0.1) is 0 Å². The lowest BCUT2D eigenvalue weighted by Crippen LogP contribution is -2.54. The summed E-state index contributed by atoms with van der Waals surface area (Å²) in [7, 11) is 1.40. The zero-order valence-electron chi connectivity index (χ0n) is 18.9. The first-order chi connectivity index (χ1) is 17.4. The maximum atomic E-state index is 13.3. The van der Waals surface area contributed by atoms with Crippen LogP contribution in [-0.4, -0.2) is 30.9 Å². The van der Waals surface area contributed by atoms with Crippen LogP contribution in [0.1, 0.15) is 11.1 Å². The summed E-state index contributed by atoms with van der Waals surface area (Å²) >= 11 is 3.35. The van der Waals surface area contributed by atoms with Crippen molar-refractivity contribution in [1.82, 2.24) is 5.32 Å². The van der Waals surface area contributed by atoms with Crippen LogP contribution < -0.4 is 19.7 Å². The van der Waals surface area contributed by atoms with Crippen LogP contribution in [0.15, 0.2) is 88.9 Å². The Kier molecular flexibility index (Phi) is 7.41. The van der Waals surface area contributed by atoms with Gasteiger partial charge in [0.1, 0.15) is 17.1 Å². The summed E-state index contributed by atoms with van der Waals surface area (Å²) in [6.45, 7) is 0. The maximum Gasteiger partial charge on any atom is 0.336 e. The molecule has 1 aliphatic rings. The van der Waals surface area contributed by atoms with Crippen molar-refractivity contribution >= 4 is 57.6 Å². The fraction of sp³-hybridized carbons (Fsp3) is 0.0370. The summed E-state index contributed by atoms with van der Waals surface area (Å²) in [5.74, 6) is -1.98. The molecule has 8 nitrogen and oxygen atoms in total. The van der Waals surface area contributed by atoms with Crippen molar-refractivity contribution in [2.45, 2.75) is 0 Å². The van der Waals surface area contributed by atoms with Crippen LogP contribution in [0.2, 0.25) is 0 Å². The van der Waals surface area contributed by atoms with E-state index in [1.54, 1.807) is 36.4 Å². The standard InChI is InChI=1S/C27H19BrN2O6/c1-35-23-10-6-5-9-21(23)30-26(33)20(25(32)29-27(30)34)16-18-15-19(28)12-13-22(18)36-24(31)14-11-17-7-3-2-4-8-17/h2-16H,1H3,(H,29,32,34)/b14-11+,20-16-. The van der Waals surface area contributed by atoms with Gasteiger partial charge in [0.2, 0.25) is 0 Å². The SMILES string of the molecule is COc1ccccc1N1C(=O)NC(=O)/C(=C/c2cc(Br)ccc2OC(=O)/C=C/c2ccccc2)C1=O. The number of halogens is 1. The smallest absolute Gasteiger partial charge is 0.336 e. The molecule has 1 heterocycles. The number of hydrogen-bond donors (Lipinski definition) is 1. The highest BCUT2D eigenvalue weighted by Gasteiger charge is 2.38. The van der Waals surface area contributed by atoms with Crippen molar-refractivity contribution in [3.05, 3.63) is 100 Å². The van der Waals surface area contributed by atoms with Gasteiger partial charge in [-0.3, -0.25) is 14.9 Å². The predicted octanol–water partition coefficient (Wildman–Crippen LogP) is 4.74. The number of para-hydroxylation sites is 2. The molecule has 0 saturated carbocycles. The number of carbonyl (C=O) groups is 4. The Bertz CT molecular complexity index is 1410. The molecule has 3 aromatic rings. The third-order valence-electron chi connectivity index (χ3n) is 5.12. The Morgan fingerprint density at radius 2 is 1.67 bits per heavy atom. The Labute approximate surface area is 214 Å². The van der Waals surface area contributed by atoms with E-state index in [-0.39, 0.29) is 28.3 Å². The molecule has 9 heteroatoms. The fourth-order valence-electron chi connectivity index (χ4n) is 3.44. The van der Waals surface area contributed by atoms with Gasteiger partial charge >= 0.3 is 12.0 Å². The highest BCUT2D eigenvalue weighted by atomic mass is 79.9. The minimum atomic E-state index is -0.904. The zero-order valence-corrected chi connectivity index (χ0v) is 20.5. The lowest BCUT2D eigenvalue weighted by molar-refractivity contribution is -0.129. The molecule has 0 aliphatic carbocycles. The van der Waals surface area contributed by atoms with Gasteiger partial charge in [-0.1, -0.05) is 58.4 Å². The number of ether oxygens (including phenoxy) is 2. The number of esters is 1. The highest BCUT2D eigenvalue weighted by molar-refractivity contribution is 9.10. The van der Waals surface area contributed by atoms with E-state index in [2.05, 4.69) is 21.2 Å². The number of urea groups is 1. The van der Waals surface area contributed by atoms with Crippen LogP contribution in [0.25, 0.3) is 12.2 Å². The highest BCUT2D eigenvalue weighted by Crippen LogP contribution is 2.32. The molecule has 180 valence electrons. The van der Waals surface area contributed by atoms with Crippen molar-refractivity contribution in [3.63, 3.8) is 0 Å². The maximum absolute atomic E-state index is 13.3. The first kappa shape index (κ1) is 24.6. The Balaban J connectivity index is 1.66. The summed E-state index contributed by atoms with van der Waals surface area (Å²) < 4.78 is 11.4. The van der Waals surface area contributed by atoms with Gasteiger partial charge in [0.25, 0.3) is 11.8 Å². The van der Waals surface area contributed by atoms with Gasteiger partial charge in [-0.2, -0.15) is 0 Å². The monoisotopic (exact) mass is 546 g/mol. The zero-order chi connectivity index (χ0) is 25.7. The number of nitrogens with zero attached hydrogens (tertiary/aromatic N) is 1. The fourth-order valence-corrected chi connectivity index (χ4v) is 3.82. The molecule has 0 atom stereocenters. The minimum Gasteiger partial charge on any atom is -0.495 e. The van der Waals surface area contributed by atoms with Gasteiger partial charge in [0, 0.05) is 16.1 Å². The Hall–Kier alpha value is -4.50. The van der Waals surface area contributed by atoms with Crippen molar-refractivity contribution in [1.29, 1.82) is 0 Å². The van der Waals surface area contributed by atoms with Crippen LogP contribution >= 0.6 is 15.9 Å². The van der Waals surface area contributed by atoms with E-state index in [9.17, 15) is 19.2 Å². The number of amides is 4. The third-order valence-corrected chi connectivity index (χ3v) is 5.61. The largest absolute Gasteiger partial charge is 0.495 e. The lowest BCUT2D eigenvalue weighted by Gasteiger charge is -2.27. The molecule has 1 saturated heterocycles. The molecule has 0 radical (unpaired) electrons. The Morgan fingerprint density at radius 1 is 0.944 bits per heavy atom. The first-order valence-corrected chi connectivity index (χ1v) is 11.5. The number of imide groups is 2. The average Bonchev–Trinajstić information content (AvgIpc) is 2.87. The van der Waals surface area contributed by atoms with Gasteiger partial charge in [-0.25, -0.2) is 14.5 Å². The summed E-state index contributed by atoms with van der Waals surface area (Å²) in [6, 6.07) is 19.5. The third kappa shape index (κ3) is 5.42. The molecule has 1 N–H and O–H groups in total. The molecule has 0 spiro atoms. The predicted molar refractivity (Wildman–Crippen MR) is 137 cm³/mol. The van der Waals surface area contributed by atoms with Crippen LogP contribution in [0.4, 0.5) is 10.5 Å². The summed E-state index contributed by atoms with van der Waals surface area (Å²) in [6.07, 6.45) is 4.14. The molecule has 4 rings (SSSR count). The average molecular weight is 547 g/mol. The molecule has 0 aromatic heterocycles. The van der Waals surface area contributed by atoms with Gasteiger partial charge in [-0.05, 0) is 48.0 Å². The summed E-state index contributed by atoms with van der Waals surface area (Å²) in [5, 5.41) is 2.17. The second kappa shape index (κ2) is 10.8. The first-order valence-electron chi connectivity index (χ1n) is 10.7. The molecule has 36 heavy (non-hydrogen) atoms. The van der Waals surface area contributed by atoms with Gasteiger partial charge in [0.05, 0.1) is 12.8 Å². The van der Waals surface area contributed by atoms with E-state index < -0.39 is 23.8 Å². The molecule has 4 amide bonds. The second-order valence-electron chi connectivity index (χ2n) is 7.48. The number of nitrogens with one attached hydrogen (secondary N) is 1. The molecule has 3 aromatic carbocycles. The van der Waals surface area contributed by atoms with E-state index >= 15 is 0 Å². The number of anilines is 1. The van der Waals surface area contributed by atoms with Crippen molar-refractivity contribution in [3.8, 4) is 11.5 Å². The lowest BCUT2D eigenvalue weighted by atomic mass is 10.1. The van der Waals surface area contributed by atoms with Crippen LogP contribution in [-0.2, 0) is 14.4 Å². The van der Waals surface area contributed by atoms with Crippen molar-refractivity contribution in [2.75, 3.05) is 12.0 Å². The molecular weight excluding hydrogens is 528 g/mol. The molecule has 0 unspecified atom stereocenters. The van der Waals surface area contributed by atoms with Gasteiger partial charge in [0.15, 0.2) is 0 Å². The van der Waals surface area contributed by atoms with Crippen LogP contribution in [0, 0.1) is 0 Å². The normalized spacial score (nSPS) is 14.8. The van der Waals surface area contributed by atoms with E-state index in [4.69, 9.17) is 9.47 Å². The quantitative estimate of drug-likeness (QED) is 0.207. The van der Waals surface area contributed by atoms with Gasteiger partial charge < -0.3 is 9.47 Å². The number of hydrogen-bond acceptors (Lipinski definition) is 6. The number of benzene rings is 3. The Morgan fingerprint density at radius 3 is 2.42 bits per heavy atom. The molecule has 0 bridgehead atoms. The van der Waals surface area contributed by atoms with Crippen LogP contribution in [0.5, 0.6) is 11.5 Å². The van der Waals surface area contributed by atoms with E-state index in [0.717, 1.165) is 10.5 Å². The minimum absolute atomic E-state index is 0.120. The molecule has 1 fully saturated rings. The van der Waals surface area contributed by atoms with E-state index in [1.165, 1.54) is 31.4 Å². The number of methoxy groups -OCH3 is 1. The second-order valence-corrected chi connectivity index (χ2v) is 8.39. The van der Waals surface area contributed by atoms with E-state index in [0.29, 0.717) is 4.47 Å². The molecule has 1 aliphatic heterocycles. The van der Waals surface area contributed by atoms with Crippen molar-refractivity contribution in [2.24, 2.45) is 0 Å². The molecular formula is C27H19BrN2O6.